The molecule has 0 aromatic heterocycles. The first-order chi connectivity index (χ1) is 10.1. The first-order valence-corrected chi connectivity index (χ1v) is 7.52. The molecule has 1 aromatic rings. The van der Waals surface area contributed by atoms with E-state index in [0.29, 0.717) is 38.5 Å². The first kappa shape index (κ1) is 16.6. The lowest BCUT2D eigenvalue weighted by Crippen LogP contribution is -2.45. The van der Waals surface area contributed by atoms with E-state index in [-0.39, 0.29) is 11.1 Å². The summed E-state index contributed by atoms with van der Waals surface area (Å²) in [6.07, 6.45) is -0.724. The maximum atomic E-state index is 13.0. The van der Waals surface area contributed by atoms with Crippen LogP contribution in [0.1, 0.15) is 18.6 Å². The molecule has 2 atom stereocenters. The molecule has 6 heteroatoms. The highest BCUT2D eigenvalue weighted by atomic mass is 35.5. The highest BCUT2D eigenvalue weighted by Crippen LogP contribution is 2.25. The van der Waals surface area contributed by atoms with Crippen LogP contribution in [0.3, 0.4) is 0 Å². The summed E-state index contributed by atoms with van der Waals surface area (Å²) in [7, 11) is 0. The summed E-state index contributed by atoms with van der Waals surface area (Å²) in [6.45, 7) is 5.67. The Kier molecular flexibility index (Phi) is 6.39. The molecule has 2 rings (SSSR count). The molecule has 1 aliphatic heterocycles. The van der Waals surface area contributed by atoms with Crippen LogP contribution in [0.4, 0.5) is 4.39 Å². The van der Waals surface area contributed by atoms with Gasteiger partial charge in [-0.15, -0.1) is 0 Å². The Morgan fingerprint density at radius 1 is 1.57 bits per heavy atom. The van der Waals surface area contributed by atoms with Gasteiger partial charge in [0.25, 0.3) is 0 Å². The van der Waals surface area contributed by atoms with Gasteiger partial charge in [-0.3, -0.25) is 4.90 Å². The van der Waals surface area contributed by atoms with Crippen LogP contribution >= 0.6 is 11.6 Å². The van der Waals surface area contributed by atoms with Crippen molar-refractivity contribution in [3.05, 3.63) is 34.6 Å². The van der Waals surface area contributed by atoms with Crippen LogP contribution < -0.4 is 0 Å². The van der Waals surface area contributed by atoms with Crippen LogP contribution in [0.15, 0.2) is 18.2 Å². The Bertz CT molecular complexity index is 461. The Balaban J connectivity index is 1.90. The zero-order chi connectivity index (χ0) is 15.2. The summed E-state index contributed by atoms with van der Waals surface area (Å²) < 4.78 is 24.0. The molecule has 0 bridgehead atoms. The third kappa shape index (κ3) is 4.90. The van der Waals surface area contributed by atoms with Crippen molar-refractivity contribution in [3.8, 4) is 0 Å². The van der Waals surface area contributed by atoms with E-state index in [2.05, 4.69) is 4.90 Å². The van der Waals surface area contributed by atoms with Gasteiger partial charge in [0.15, 0.2) is 0 Å². The highest BCUT2D eigenvalue weighted by molar-refractivity contribution is 6.31. The van der Waals surface area contributed by atoms with Crippen molar-refractivity contribution in [2.75, 3.05) is 39.5 Å². The molecule has 0 saturated carbocycles. The van der Waals surface area contributed by atoms with Crippen LogP contribution in [0.25, 0.3) is 0 Å². The minimum absolute atomic E-state index is 0.0228. The zero-order valence-corrected chi connectivity index (χ0v) is 12.9. The molecule has 1 fully saturated rings. The topological polar surface area (TPSA) is 41.9 Å². The predicted molar refractivity (Wildman–Crippen MR) is 79.0 cm³/mol. The van der Waals surface area contributed by atoms with Crippen LogP contribution in [0.5, 0.6) is 0 Å². The smallest absolute Gasteiger partial charge is 0.124 e. The van der Waals surface area contributed by atoms with Gasteiger partial charge in [-0.1, -0.05) is 17.7 Å². The monoisotopic (exact) mass is 317 g/mol. The molecule has 0 aliphatic carbocycles. The van der Waals surface area contributed by atoms with Crippen LogP contribution in [0, 0.1) is 5.82 Å². The van der Waals surface area contributed by atoms with E-state index in [1.807, 2.05) is 6.92 Å². The van der Waals surface area contributed by atoms with Crippen LogP contribution in [-0.2, 0) is 9.47 Å². The fourth-order valence-corrected chi connectivity index (χ4v) is 2.70. The number of morpholine rings is 1. The normalized spacial score (nSPS) is 21.4. The molecule has 1 N–H and O–H groups in total. The minimum Gasteiger partial charge on any atom is -0.387 e. The second-order valence-corrected chi connectivity index (χ2v) is 5.50. The maximum Gasteiger partial charge on any atom is 0.124 e. The summed E-state index contributed by atoms with van der Waals surface area (Å²) in [5.74, 6) is -0.404. The molecule has 1 heterocycles. The fourth-order valence-electron chi connectivity index (χ4n) is 2.41. The van der Waals surface area contributed by atoms with Crippen LogP contribution in [0.2, 0.25) is 5.02 Å². The predicted octanol–water partition coefficient (Wildman–Crippen LogP) is 2.25. The van der Waals surface area contributed by atoms with Crippen molar-refractivity contribution >= 4 is 11.6 Å². The molecule has 2 unspecified atom stereocenters. The molecular weight excluding hydrogens is 297 g/mol. The molecule has 0 spiro atoms. The molecule has 118 valence electrons. The van der Waals surface area contributed by atoms with Gasteiger partial charge in [-0.2, -0.15) is 0 Å². The maximum absolute atomic E-state index is 13.0. The second kappa shape index (κ2) is 8.06. The average Bonchev–Trinajstić information content (AvgIpc) is 2.45. The number of benzene rings is 1. The number of ether oxygens (including phenoxy) is 2. The lowest BCUT2D eigenvalue weighted by molar-refractivity contribution is -0.0747. The van der Waals surface area contributed by atoms with E-state index in [1.54, 1.807) is 0 Å². The molecule has 0 radical (unpaired) electrons. The van der Waals surface area contributed by atoms with E-state index in [0.717, 1.165) is 6.54 Å². The first-order valence-electron chi connectivity index (χ1n) is 7.15. The van der Waals surface area contributed by atoms with Crippen molar-refractivity contribution in [2.45, 2.75) is 19.1 Å². The lowest BCUT2D eigenvalue weighted by atomic mass is 10.1. The fraction of sp³-hybridized carbons (Fsp3) is 0.600. The Morgan fingerprint density at radius 3 is 3.10 bits per heavy atom. The number of aliphatic hydroxyl groups excluding tert-OH is 1. The Hall–Kier alpha value is -0.720. The van der Waals surface area contributed by atoms with Gasteiger partial charge in [0.05, 0.1) is 25.4 Å². The van der Waals surface area contributed by atoms with Crippen molar-refractivity contribution in [1.29, 1.82) is 0 Å². The molecule has 0 amide bonds. The molecule has 1 saturated heterocycles. The van der Waals surface area contributed by atoms with Gasteiger partial charge < -0.3 is 14.6 Å². The SMILES string of the molecule is CCOCC1CN(CC(O)c2ccc(F)cc2Cl)CCO1. The summed E-state index contributed by atoms with van der Waals surface area (Å²) >= 11 is 5.98. The van der Waals surface area contributed by atoms with Crippen molar-refractivity contribution in [3.63, 3.8) is 0 Å². The number of hydrogen-bond donors (Lipinski definition) is 1. The van der Waals surface area contributed by atoms with Gasteiger partial charge in [-0.25, -0.2) is 4.39 Å². The highest BCUT2D eigenvalue weighted by Gasteiger charge is 2.23. The van der Waals surface area contributed by atoms with Crippen molar-refractivity contribution in [1.82, 2.24) is 4.90 Å². The molecule has 1 aromatic carbocycles. The Labute approximate surface area is 129 Å². The zero-order valence-electron chi connectivity index (χ0n) is 12.1. The van der Waals surface area contributed by atoms with Gasteiger partial charge in [0.1, 0.15) is 5.82 Å². The Morgan fingerprint density at radius 2 is 2.38 bits per heavy atom. The van der Waals surface area contributed by atoms with Crippen LogP contribution in [-0.4, -0.2) is 55.6 Å². The molecule has 1 aliphatic rings. The third-order valence-electron chi connectivity index (χ3n) is 3.48. The van der Waals surface area contributed by atoms with Gasteiger partial charge in [0.2, 0.25) is 0 Å². The lowest BCUT2D eigenvalue weighted by Gasteiger charge is -2.34. The summed E-state index contributed by atoms with van der Waals surface area (Å²) in [6, 6.07) is 4.05. The van der Waals surface area contributed by atoms with E-state index in [9.17, 15) is 9.50 Å². The number of nitrogens with zero attached hydrogens (tertiary/aromatic N) is 1. The van der Waals surface area contributed by atoms with Gasteiger partial charge in [0, 0.05) is 36.8 Å². The number of aliphatic hydroxyl groups is 1. The third-order valence-corrected chi connectivity index (χ3v) is 3.81. The number of hydrogen-bond acceptors (Lipinski definition) is 4. The van der Waals surface area contributed by atoms with Gasteiger partial charge in [-0.05, 0) is 19.1 Å². The molecule has 21 heavy (non-hydrogen) atoms. The largest absolute Gasteiger partial charge is 0.387 e. The minimum atomic E-state index is -0.746. The molecule has 4 nitrogen and oxygen atoms in total. The molecular formula is C15H21ClFNO3. The second-order valence-electron chi connectivity index (χ2n) is 5.09. The van der Waals surface area contributed by atoms with Crippen molar-refractivity contribution < 1.29 is 19.0 Å². The van der Waals surface area contributed by atoms with Crippen molar-refractivity contribution in [2.24, 2.45) is 0 Å². The standard InChI is InChI=1S/C15H21ClFNO3/c1-2-20-10-12-8-18(5-6-21-12)9-15(19)13-4-3-11(17)7-14(13)16/h3-4,7,12,15,19H,2,5-6,8-10H2,1H3. The van der Waals surface area contributed by atoms with E-state index in [1.165, 1.54) is 18.2 Å². The van der Waals surface area contributed by atoms with E-state index >= 15 is 0 Å². The quantitative estimate of drug-likeness (QED) is 0.874. The van der Waals surface area contributed by atoms with E-state index < -0.39 is 11.9 Å². The number of rotatable bonds is 6. The average molecular weight is 318 g/mol. The number of halogens is 2. The number of β-amino-alcohol motifs (C(OH)–C–C–N with tert-alkyl or cyclic N) is 1. The van der Waals surface area contributed by atoms with E-state index in [4.69, 9.17) is 21.1 Å². The summed E-state index contributed by atoms with van der Waals surface area (Å²) in [4.78, 5) is 2.11. The summed E-state index contributed by atoms with van der Waals surface area (Å²) in [5.41, 5.74) is 0.547. The summed E-state index contributed by atoms with van der Waals surface area (Å²) in [5, 5.41) is 10.5. The van der Waals surface area contributed by atoms with Gasteiger partial charge >= 0.3 is 0 Å².